The number of nitrogens with one attached hydrogen (secondary N) is 1. The van der Waals surface area contributed by atoms with Crippen molar-refractivity contribution < 1.29 is 17.6 Å². The average molecular weight is 315 g/mol. The SMILES string of the molecule is CCCN(C)Cc1c[nH]nc1-c1ccc(C(F)(F)F)c(F)c1. The van der Waals surface area contributed by atoms with Crippen molar-refractivity contribution in [3.63, 3.8) is 0 Å². The smallest absolute Gasteiger partial charge is 0.302 e. The van der Waals surface area contributed by atoms with Gasteiger partial charge in [0.05, 0.1) is 11.3 Å². The van der Waals surface area contributed by atoms with Crippen LogP contribution in [0.15, 0.2) is 24.4 Å². The second-order valence-corrected chi connectivity index (χ2v) is 5.19. The molecule has 2 aromatic rings. The Balaban J connectivity index is 2.30. The van der Waals surface area contributed by atoms with Gasteiger partial charge in [0.15, 0.2) is 0 Å². The number of halogens is 4. The molecule has 0 unspecified atom stereocenters. The fourth-order valence-corrected chi connectivity index (χ4v) is 2.33. The number of hydrogen-bond donors (Lipinski definition) is 1. The van der Waals surface area contributed by atoms with Crippen LogP contribution >= 0.6 is 0 Å². The zero-order chi connectivity index (χ0) is 16.3. The molecule has 0 bridgehead atoms. The van der Waals surface area contributed by atoms with Crippen LogP contribution in [0.1, 0.15) is 24.5 Å². The molecule has 0 fully saturated rings. The first-order valence-corrected chi connectivity index (χ1v) is 6.91. The van der Waals surface area contributed by atoms with Crippen LogP contribution < -0.4 is 0 Å². The molecule has 2 rings (SSSR count). The lowest BCUT2D eigenvalue weighted by atomic mass is 10.0. The lowest BCUT2D eigenvalue weighted by Crippen LogP contribution is -2.18. The number of nitrogens with zero attached hydrogens (tertiary/aromatic N) is 2. The van der Waals surface area contributed by atoms with E-state index in [0.29, 0.717) is 17.8 Å². The molecule has 0 saturated heterocycles. The summed E-state index contributed by atoms with van der Waals surface area (Å²) in [5.41, 5.74) is 0.341. The van der Waals surface area contributed by atoms with Crippen LogP contribution in [0.5, 0.6) is 0 Å². The zero-order valence-electron chi connectivity index (χ0n) is 12.3. The quantitative estimate of drug-likeness (QED) is 0.843. The second kappa shape index (κ2) is 6.48. The molecule has 1 aromatic heterocycles. The molecular weight excluding hydrogens is 298 g/mol. The van der Waals surface area contributed by atoms with Gasteiger partial charge in [-0.05, 0) is 32.1 Å². The van der Waals surface area contributed by atoms with E-state index in [1.807, 2.05) is 7.05 Å². The number of hydrogen-bond acceptors (Lipinski definition) is 2. The number of rotatable bonds is 5. The maximum atomic E-state index is 13.7. The van der Waals surface area contributed by atoms with Crippen LogP contribution in [-0.4, -0.2) is 28.7 Å². The van der Waals surface area contributed by atoms with Gasteiger partial charge in [0.25, 0.3) is 0 Å². The van der Waals surface area contributed by atoms with Gasteiger partial charge in [-0.2, -0.15) is 18.3 Å². The van der Waals surface area contributed by atoms with Gasteiger partial charge < -0.3 is 4.90 Å². The van der Waals surface area contributed by atoms with Gasteiger partial charge in [0.1, 0.15) is 5.82 Å². The molecule has 0 atom stereocenters. The van der Waals surface area contributed by atoms with Crippen molar-refractivity contribution in [1.82, 2.24) is 15.1 Å². The van der Waals surface area contributed by atoms with E-state index < -0.39 is 17.6 Å². The minimum atomic E-state index is -4.70. The third-order valence-electron chi connectivity index (χ3n) is 3.31. The summed E-state index contributed by atoms with van der Waals surface area (Å²) in [6.45, 7) is 3.52. The maximum absolute atomic E-state index is 13.7. The van der Waals surface area contributed by atoms with Crippen molar-refractivity contribution >= 4 is 0 Å². The van der Waals surface area contributed by atoms with Gasteiger partial charge in [0.2, 0.25) is 0 Å². The molecule has 0 saturated carbocycles. The largest absolute Gasteiger partial charge is 0.419 e. The van der Waals surface area contributed by atoms with Gasteiger partial charge in [-0.1, -0.05) is 13.0 Å². The summed E-state index contributed by atoms with van der Waals surface area (Å²) in [4.78, 5) is 2.06. The summed E-state index contributed by atoms with van der Waals surface area (Å²) < 4.78 is 51.5. The van der Waals surface area contributed by atoms with E-state index in [2.05, 4.69) is 22.0 Å². The Labute approximate surface area is 125 Å². The van der Waals surface area contributed by atoms with Gasteiger partial charge in [-0.15, -0.1) is 0 Å². The Hall–Kier alpha value is -1.89. The average Bonchev–Trinajstić information content (AvgIpc) is 2.85. The standard InChI is InChI=1S/C15H17F4N3/c1-3-6-22(2)9-11-8-20-21-14(11)10-4-5-12(13(16)7-10)15(17,18)19/h4-5,7-8H,3,6,9H2,1-2H3,(H,20,21). The fourth-order valence-electron chi connectivity index (χ4n) is 2.33. The third-order valence-corrected chi connectivity index (χ3v) is 3.31. The molecule has 1 heterocycles. The lowest BCUT2D eigenvalue weighted by molar-refractivity contribution is -0.139. The summed E-state index contributed by atoms with van der Waals surface area (Å²) in [6.07, 6.45) is -2.03. The fraction of sp³-hybridized carbons (Fsp3) is 0.400. The summed E-state index contributed by atoms with van der Waals surface area (Å²) >= 11 is 0. The van der Waals surface area contributed by atoms with Crippen LogP contribution in [0.2, 0.25) is 0 Å². The molecule has 0 radical (unpaired) electrons. The van der Waals surface area contributed by atoms with Gasteiger partial charge in [-0.3, -0.25) is 5.10 Å². The lowest BCUT2D eigenvalue weighted by Gasteiger charge is -2.15. The number of benzene rings is 1. The topological polar surface area (TPSA) is 31.9 Å². The molecular formula is C15H17F4N3. The first-order chi connectivity index (χ1) is 10.3. The highest BCUT2D eigenvalue weighted by Gasteiger charge is 2.34. The van der Waals surface area contributed by atoms with Crippen molar-refractivity contribution in [1.29, 1.82) is 0 Å². The Kier molecular flexibility index (Phi) is 4.85. The van der Waals surface area contributed by atoms with Gasteiger partial charge in [-0.25, -0.2) is 4.39 Å². The maximum Gasteiger partial charge on any atom is 0.419 e. The Morgan fingerprint density at radius 1 is 1.27 bits per heavy atom. The summed E-state index contributed by atoms with van der Waals surface area (Å²) in [5.74, 6) is -1.29. The summed E-state index contributed by atoms with van der Waals surface area (Å²) in [6, 6.07) is 2.87. The van der Waals surface area contributed by atoms with Crippen molar-refractivity contribution in [2.75, 3.05) is 13.6 Å². The van der Waals surface area contributed by atoms with Crippen molar-refractivity contribution in [3.8, 4) is 11.3 Å². The van der Waals surface area contributed by atoms with E-state index in [-0.39, 0.29) is 0 Å². The molecule has 22 heavy (non-hydrogen) atoms. The van der Waals surface area contributed by atoms with Crippen LogP contribution in [0, 0.1) is 5.82 Å². The number of aromatic amines is 1. The van der Waals surface area contributed by atoms with Crippen LogP contribution in [0.4, 0.5) is 17.6 Å². The monoisotopic (exact) mass is 315 g/mol. The van der Waals surface area contributed by atoms with Crippen molar-refractivity contribution in [3.05, 3.63) is 41.3 Å². The number of aromatic nitrogens is 2. The zero-order valence-corrected chi connectivity index (χ0v) is 12.3. The van der Waals surface area contributed by atoms with Gasteiger partial charge in [0, 0.05) is 23.9 Å². The van der Waals surface area contributed by atoms with Crippen molar-refractivity contribution in [2.45, 2.75) is 26.1 Å². The molecule has 1 N–H and O–H groups in total. The first-order valence-electron chi connectivity index (χ1n) is 6.91. The van der Waals surface area contributed by atoms with E-state index in [4.69, 9.17) is 0 Å². The van der Waals surface area contributed by atoms with E-state index in [9.17, 15) is 17.6 Å². The Bertz CT molecular complexity index is 634. The molecule has 1 aromatic carbocycles. The molecule has 0 amide bonds. The van der Waals surface area contributed by atoms with E-state index in [1.54, 1.807) is 6.20 Å². The summed E-state index contributed by atoms with van der Waals surface area (Å²) in [5, 5.41) is 6.72. The van der Waals surface area contributed by atoms with E-state index in [1.165, 1.54) is 6.07 Å². The summed E-state index contributed by atoms with van der Waals surface area (Å²) in [7, 11) is 1.94. The van der Waals surface area contributed by atoms with Crippen molar-refractivity contribution in [2.24, 2.45) is 0 Å². The predicted octanol–water partition coefficient (Wildman–Crippen LogP) is 4.08. The molecule has 3 nitrogen and oxygen atoms in total. The molecule has 7 heteroatoms. The predicted molar refractivity (Wildman–Crippen MR) is 75.6 cm³/mol. The minimum Gasteiger partial charge on any atom is -0.302 e. The minimum absolute atomic E-state index is 0.326. The van der Waals surface area contributed by atoms with Crippen LogP contribution in [-0.2, 0) is 12.7 Å². The highest BCUT2D eigenvalue weighted by Crippen LogP contribution is 2.33. The molecule has 0 spiro atoms. The second-order valence-electron chi connectivity index (χ2n) is 5.19. The number of alkyl halides is 3. The van der Waals surface area contributed by atoms with Crippen LogP contribution in [0.25, 0.3) is 11.3 Å². The number of H-pyrrole nitrogens is 1. The highest BCUT2D eigenvalue weighted by molar-refractivity contribution is 5.63. The third kappa shape index (κ3) is 3.65. The highest BCUT2D eigenvalue weighted by atomic mass is 19.4. The molecule has 0 aliphatic rings. The normalized spacial score (nSPS) is 12.1. The van der Waals surface area contributed by atoms with Crippen LogP contribution in [0.3, 0.4) is 0 Å². The first kappa shape index (κ1) is 16.5. The van der Waals surface area contributed by atoms with Gasteiger partial charge >= 0.3 is 6.18 Å². The van der Waals surface area contributed by atoms with E-state index in [0.717, 1.165) is 30.7 Å². The van der Waals surface area contributed by atoms with E-state index >= 15 is 0 Å². The Morgan fingerprint density at radius 3 is 2.59 bits per heavy atom. The Morgan fingerprint density at radius 2 is 2.00 bits per heavy atom. The molecule has 120 valence electrons. The molecule has 0 aliphatic heterocycles. The molecule has 0 aliphatic carbocycles.